The highest BCUT2D eigenvalue weighted by atomic mass is 35.5. The van der Waals surface area contributed by atoms with Crippen LogP contribution in [0.2, 0.25) is 5.02 Å². The van der Waals surface area contributed by atoms with Gasteiger partial charge in [-0.15, -0.1) is 0 Å². The van der Waals surface area contributed by atoms with Crippen LogP contribution in [0.4, 0.5) is 4.39 Å². The number of aliphatic hydroxyl groups is 1. The maximum absolute atomic E-state index is 13.6. The molecule has 0 spiro atoms. The minimum absolute atomic E-state index is 0.0562. The summed E-state index contributed by atoms with van der Waals surface area (Å²) in [5, 5.41) is 10.2. The van der Waals surface area contributed by atoms with Crippen LogP contribution >= 0.6 is 23.4 Å². The number of thioether (sulfide) groups is 1. The zero-order valence-electron chi connectivity index (χ0n) is 9.73. The first-order valence-corrected chi connectivity index (χ1v) is 6.66. The van der Waals surface area contributed by atoms with E-state index in [1.54, 1.807) is 22.9 Å². The Morgan fingerprint density at radius 2 is 2.28 bits per heavy atom. The first kappa shape index (κ1) is 13.4. The van der Waals surface area contributed by atoms with Gasteiger partial charge in [-0.2, -0.15) is 0 Å². The molecule has 0 aliphatic carbocycles. The molecule has 18 heavy (non-hydrogen) atoms. The maximum atomic E-state index is 13.6. The molecule has 0 saturated carbocycles. The molecule has 0 fully saturated rings. The third-order valence-electron chi connectivity index (χ3n) is 2.58. The summed E-state index contributed by atoms with van der Waals surface area (Å²) in [5.41, 5.74) is 1.31. The summed E-state index contributed by atoms with van der Waals surface area (Å²) in [6.07, 6.45) is 1.61. The van der Waals surface area contributed by atoms with Gasteiger partial charge in [0.15, 0.2) is 5.16 Å². The number of halogens is 2. The molecule has 0 saturated heterocycles. The van der Waals surface area contributed by atoms with Gasteiger partial charge in [-0.25, -0.2) is 9.37 Å². The molecule has 0 atom stereocenters. The second-order valence-electron chi connectivity index (χ2n) is 3.77. The number of aromatic nitrogens is 2. The normalized spacial score (nSPS) is 10.9. The van der Waals surface area contributed by atoms with E-state index >= 15 is 0 Å². The van der Waals surface area contributed by atoms with Gasteiger partial charge in [0.25, 0.3) is 0 Å². The summed E-state index contributed by atoms with van der Waals surface area (Å²) < 4.78 is 15.4. The van der Waals surface area contributed by atoms with Crippen LogP contribution in [0.1, 0.15) is 11.3 Å². The zero-order chi connectivity index (χ0) is 13.1. The van der Waals surface area contributed by atoms with Crippen molar-refractivity contribution in [1.82, 2.24) is 9.55 Å². The van der Waals surface area contributed by atoms with Gasteiger partial charge in [0.1, 0.15) is 5.82 Å². The Labute approximate surface area is 114 Å². The van der Waals surface area contributed by atoms with Gasteiger partial charge in [-0.05, 0) is 17.7 Å². The molecule has 2 aromatic rings. The van der Waals surface area contributed by atoms with Gasteiger partial charge in [-0.1, -0.05) is 29.4 Å². The average molecular weight is 287 g/mol. The van der Waals surface area contributed by atoms with Crippen LogP contribution in [-0.2, 0) is 19.4 Å². The van der Waals surface area contributed by atoms with E-state index in [0.717, 1.165) is 10.9 Å². The van der Waals surface area contributed by atoms with Crippen LogP contribution in [0.15, 0.2) is 29.6 Å². The summed E-state index contributed by atoms with van der Waals surface area (Å²) in [4.78, 5) is 4.17. The third kappa shape index (κ3) is 2.85. The Bertz CT molecular complexity index is 559. The maximum Gasteiger partial charge on any atom is 0.168 e. The predicted octanol–water partition coefficient (Wildman–Crippen LogP) is 3.00. The van der Waals surface area contributed by atoms with Crippen LogP contribution in [0.5, 0.6) is 0 Å². The second-order valence-corrected chi connectivity index (χ2v) is 5.15. The smallest absolute Gasteiger partial charge is 0.168 e. The molecule has 0 bridgehead atoms. The number of aliphatic hydroxyl groups excluding tert-OH is 1. The van der Waals surface area contributed by atoms with E-state index in [1.165, 1.54) is 17.8 Å². The molecule has 0 aliphatic rings. The lowest BCUT2D eigenvalue weighted by Crippen LogP contribution is -1.97. The zero-order valence-corrected chi connectivity index (χ0v) is 11.3. The van der Waals surface area contributed by atoms with Gasteiger partial charge in [0.05, 0.1) is 18.5 Å². The molecule has 0 radical (unpaired) electrons. The van der Waals surface area contributed by atoms with Crippen LogP contribution in [0, 0.1) is 5.82 Å². The van der Waals surface area contributed by atoms with Gasteiger partial charge in [0, 0.05) is 17.8 Å². The van der Waals surface area contributed by atoms with E-state index in [1.807, 2.05) is 7.05 Å². The summed E-state index contributed by atoms with van der Waals surface area (Å²) in [6.45, 7) is -0.0562. The number of hydrogen-bond donors (Lipinski definition) is 1. The van der Waals surface area contributed by atoms with E-state index in [2.05, 4.69) is 4.98 Å². The Kier molecular flexibility index (Phi) is 4.27. The summed E-state index contributed by atoms with van der Waals surface area (Å²) in [6, 6.07) is 4.63. The van der Waals surface area contributed by atoms with Crippen molar-refractivity contribution in [3.8, 4) is 0 Å². The van der Waals surface area contributed by atoms with E-state index in [9.17, 15) is 4.39 Å². The summed E-state index contributed by atoms with van der Waals surface area (Å²) in [5.74, 6) is 0.158. The van der Waals surface area contributed by atoms with Crippen molar-refractivity contribution >= 4 is 23.4 Å². The molecular formula is C12H12ClFN2OS. The van der Waals surface area contributed by atoms with Crippen molar-refractivity contribution in [3.05, 3.63) is 46.5 Å². The Morgan fingerprint density at radius 3 is 2.89 bits per heavy atom. The Hall–Kier alpha value is -1.04. The molecule has 3 nitrogen and oxygen atoms in total. The Balaban J connectivity index is 2.09. The minimum Gasteiger partial charge on any atom is -0.390 e. The van der Waals surface area contributed by atoms with Crippen molar-refractivity contribution in [2.24, 2.45) is 7.05 Å². The number of imidazole rings is 1. The fourth-order valence-corrected chi connectivity index (χ4v) is 2.60. The van der Waals surface area contributed by atoms with Crippen LogP contribution in [0.3, 0.4) is 0 Å². The SMILES string of the molecule is Cn1c(CO)cnc1SCc1ccc(Cl)cc1F. The van der Waals surface area contributed by atoms with Crippen molar-refractivity contribution in [2.45, 2.75) is 17.5 Å². The van der Waals surface area contributed by atoms with Gasteiger partial charge in [-0.3, -0.25) is 0 Å². The topological polar surface area (TPSA) is 38.0 Å². The quantitative estimate of drug-likeness (QED) is 0.878. The molecular weight excluding hydrogens is 275 g/mol. The number of rotatable bonds is 4. The number of hydrogen-bond acceptors (Lipinski definition) is 3. The molecule has 0 unspecified atom stereocenters. The highest BCUT2D eigenvalue weighted by Gasteiger charge is 2.08. The van der Waals surface area contributed by atoms with E-state index in [-0.39, 0.29) is 12.4 Å². The lowest BCUT2D eigenvalue weighted by Gasteiger charge is -2.05. The molecule has 1 aromatic carbocycles. The third-order valence-corrected chi connectivity index (χ3v) is 3.90. The fraction of sp³-hybridized carbons (Fsp3) is 0.250. The summed E-state index contributed by atoms with van der Waals surface area (Å²) in [7, 11) is 1.82. The molecule has 1 heterocycles. The van der Waals surface area contributed by atoms with Crippen molar-refractivity contribution in [3.63, 3.8) is 0 Å². The molecule has 2 rings (SSSR count). The highest BCUT2D eigenvalue weighted by molar-refractivity contribution is 7.98. The predicted molar refractivity (Wildman–Crippen MR) is 70.1 cm³/mol. The first-order valence-electron chi connectivity index (χ1n) is 5.30. The van der Waals surface area contributed by atoms with E-state index in [0.29, 0.717) is 16.3 Å². The van der Waals surface area contributed by atoms with Gasteiger partial charge >= 0.3 is 0 Å². The van der Waals surface area contributed by atoms with Crippen LogP contribution in [-0.4, -0.2) is 14.7 Å². The highest BCUT2D eigenvalue weighted by Crippen LogP contribution is 2.24. The second kappa shape index (κ2) is 5.73. The molecule has 0 aliphatic heterocycles. The average Bonchev–Trinajstić information content (AvgIpc) is 2.69. The molecule has 1 N–H and O–H groups in total. The fourth-order valence-electron chi connectivity index (χ4n) is 1.49. The Morgan fingerprint density at radius 1 is 1.50 bits per heavy atom. The van der Waals surface area contributed by atoms with E-state index < -0.39 is 0 Å². The van der Waals surface area contributed by atoms with Crippen LogP contribution < -0.4 is 0 Å². The molecule has 0 amide bonds. The van der Waals surface area contributed by atoms with Crippen molar-refractivity contribution in [1.29, 1.82) is 0 Å². The van der Waals surface area contributed by atoms with Crippen molar-refractivity contribution in [2.75, 3.05) is 0 Å². The van der Waals surface area contributed by atoms with E-state index in [4.69, 9.17) is 16.7 Å². The van der Waals surface area contributed by atoms with Crippen LogP contribution in [0.25, 0.3) is 0 Å². The van der Waals surface area contributed by atoms with Gasteiger partial charge in [0.2, 0.25) is 0 Å². The van der Waals surface area contributed by atoms with Crippen molar-refractivity contribution < 1.29 is 9.50 Å². The largest absolute Gasteiger partial charge is 0.390 e. The number of benzene rings is 1. The molecule has 6 heteroatoms. The lowest BCUT2D eigenvalue weighted by molar-refractivity contribution is 0.271. The standard InChI is InChI=1S/C12H12ClFN2OS/c1-16-10(6-17)5-15-12(16)18-7-8-2-3-9(13)4-11(8)14/h2-5,17H,6-7H2,1H3. The minimum atomic E-state index is -0.313. The van der Waals surface area contributed by atoms with Gasteiger partial charge < -0.3 is 9.67 Å². The number of nitrogens with zero attached hydrogens (tertiary/aromatic N) is 2. The molecule has 1 aromatic heterocycles. The lowest BCUT2D eigenvalue weighted by atomic mass is 10.2. The molecule has 96 valence electrons. The summed E-state index contributed by atoms with van der Waals surface area (Å²) >= 11 is 7.10. The first-order chi connectivity index (χ1) is 8.61. The monoisotopic (exact) mass is 286 g/mol.